The van der Waals surface area contributed by atoms with Gasteiger partial charge in [0.25, 0.3) is 5.91 Å². The lowest BCUT2D eigenvalue weighted by molar-refractivity contribution is 0.0948. The number of amides is 1. The summed E-state index contributed by atoms with van der Waals surface area (Å²) in [5.41, 5.74) is 3.01. The molecule has 0 bridgehead atoms. The monoisotopic (exact) mass is 419 g/mol. The van der Waals surface area contributed by atoms with Crippen LogP contribution >= 0.6 is 23.1 Å². The smallest absolute Gasteiger partial charge is 0.252 e. The normalized spacial score (nSPS) is 10.8. The van der Waals surface area contributed by atoms with Crippen LogP contribution in [0.4, 0.5) is 0 Å². The first kappa shape index (κ1) is 19.5. The van der Waals surface area contributed by atoms with Crippen molar-refractivity contribution in [2.45, 2.75) is 23.7 Å². The Balaban J connectivity index is 1.34. The minimum atomic E-state index is -0.0400. The van der Waals surface area contributed by atoms with Crippen LogP contribution in [0.2, 0.25) is 0 Å². The number of nitrogens with zero attached hydrogens (tertiary/aromatic N) is 2. The van der Waals surface area contributed by atoms with Gasteiger partial charge in [0.05, 0.1) is 11.9 Å². The van der Waals surface area contributed by atoms with Crippen LogP contribution in [0.15, 0.2) is 89.7 Å². The van der Waals surface area contributed by atoms with Gasteiger partial charge in [0, 0.05) is 41.0 Å². The molecule has 2 aromatic carbocycles. The van der Waals surface area contributed by atoms with Gasteiger partial charge in [-0.2, -0.15) is 0 Å². The van der Waals surface area contributed by atoms with E-state index in [4.69, 9.17) is 0 Å². The Bertz CT molecular complexity index is 1040. The molecular formula is C23H21N3OS2. The third-order valence-corrected chi connectivity index (χ3v) is 6.66. The Labute approximate surface area is 178 Å². The van der Waals surface area contributed by atoms with E-state index < -0.39 is 0 Å². The van der Waals surface area contributed by atoms with Crippen LogP contribution in [0.3, 0.4) is 0 Å². The fourth-order valence-electron chi connectivity index (χ4n) is 2.95. The largest absolute Gasteiger partial charge is 0.348 e. The second-order valence-corrected chi connectivity index (χ2v) is 8.65. The number of rotatable bonds is 8. The fraction of sp³-hybridized carbons (Fsp3) is 0.130. The molecule has 2 aromatic heterocycles. The van der Waals surface area contributed by atoms with Crippen molar-refractivity contribution >= 4 is 29.0 Å². The first-order valence-corrected chi connectivity index (χ1v) is 11.2. The number of carbonyl (C=O) groups excluding carboxylic acids is 1. The van der Waals surface area contributed by atoms with E-state index in [2.05, 4.69) is 52.1 Å². The number of aromatic nitrogens is 2. The van der Waals surface area contributed by atoms with Crippen molar-refractivity contribution in [3.63, 3.8) is 0 Å². The van der Waals surface area contributed by atoms with Gasteiger partial charge < -0.3 is 9.88 Å². The number of hydrogen-bond acceptors (Lipinski definition) is 4. The predicted molar refractivity (Wildman–Crippen MR) is 119 cm³/mol. The van der Waals surface area contributed by atoms with Gasteiger partial charge in [-0.15, -0.1) is 23.1 Å². The topological polar surface area (TPSA) is 46.9 Å². The standard InChI is InChI=1S/C23H21N3OS2/c27-23(21-5-1-2-6-22(21)29-16-20-4-3-13-28-20)25-14-18-7-9-19(10-8-18)15-26-12-11-24-17-26/h1-13,17H,14-16H2,(H,25,27). The van der Waals surface area contributed by atoms with E-state index in [1.165, 1.54) is 10.4 Å². The van der Waals surface area contributed by atoms with Crippen molar-refractivity contribution in [2.24, 2.45) is 0 Å². The molecule has 0 aliphatic rings. The summed E-state index contributed by atoms with van der Waals surface area (Å²) in [6, 6.07) is 20.3. The molecule has 0 aliphatic heterocycles. The molecule has 4 aromatic rings. The van der Waals surface area contributed by atoms with Gasteiger partial charge in [0.1, 0.15) is 0 Å². The van der Waals surface area contributed by atoms with Crippen molar-refractivity contribution in [1.29, 1.82) is 0 Å². The predicted octanol–water partition coefficient (Wildman–Crippen LogP) is 5.22. The molecule has 1 amide bonds. The van der Waals surface area contributed by atoms with Crippen LogP contribution in [0.5, 0.6) is 0 Å². The average Bonchev–Trinajstić information content (AvgIpc) is 3.46. The highest BCUT2D eigenvalue weighted by molar-refractivity contribution is 7.98. The van der Waals surface area contributed by atoms with E-state index in [0.29, 0.717) is 6.54 Å². The molecule has 29 heavy (non-hydrogen) atoms. The molecule has 4 rings (SSSR count). The van der Waals surface area contributed by atoms with E-state index >= 15 is 0 Å². The van der Waals surface area contributed by atoms with Crippen molar-refractivity contribution < 1.29 is 4.79 Å². The molecule has 0 spiro atoms. The van der Waals surface area contributed by atoms with Crippen molar-refractivity contribution in [3.8, 4) is 0 Å². The van der Waals surface area contributed by atoms with Crippen molar-refractivity contribution in [3.05, 3.63) is 106 Å². The molecule has 0 radical (unpaired) electrons. The van der Waals surface area contributed by atoms with E-state index in [9.17, 15) is 4.79 Å². The summed E-state index contributed by atoms with van der Waals surface area (Å²) < 4.78 is 2.03. The van der Waals surface area contributed by atoms with Crippen molar-refractivity contribution in [1.82, 2.24) is 14.9 Å². The Morgan fingerprint density at radius 2 is 1.86 bits per heavy atom. The van der Waals surface area contributed by atoms with Gasteiger partial charge in [-0.1, -0.05) is 42.5 Å². The fourth-order valence-corrected chi connectivity index (χ4v) is 4.78. The lowest BCUT2D eigenvalue weighted by Gasteiger charge is -2.10. The summed E-state index contributed by atoms with van der Waals surface area (Å²) in [6.07, 6.45) is 5.53. The zero-order valence-electron chi connectivity index (χ0n) is 15.8. The number of carbonyl (C=O) groups is 1. The third-order valence-electron chi connectivity index (χ3n) is 4.48. The quantitative estimate of drug-likeness (QED) is 0.399. The molecule has 4 nitrogen and oxygen atoms in total. The third kappa shape index (κ3) is 5.37. The molecule has 0 atom stereocenters. The molecule has 0 unspecified atom stereocenters. The van der Waals surface area contributed by atoms with Crippen LogP contribution in [0, 0.1) is 0 Å². The summed E-state index contributed by atoms with van der Waals surface area (Å²) in [7, 11) is 0. The Hall–Kier alpha value is -2.83. The van der Waals surface area contributed by atoms with Gasteiger partial charge >= 0.3 is 0 Å². The maximum Gasteiger partial charge on any atom is 0.252 e. The highest BCUT2D eigenvalue weighted by atomic mass is 32.2. The van der Waals surface area contributed by atoms with E-state index in [1.54, 1.807) is 29.3 Å². The Morgan fingerprint density at radius 3 is 2.62 bits per heavy atom. The van der Waals surface area contributed by atoms with Crippen LogP contribution < -0.4 is 5.32 Å². The van der Waals surface area contributed by atoms with Crippen LogP contribution in [0.1, 0.15) is 26.4 Å². The summed E-state index contributed by atoms with van der Waals surface area (Å²) in [6.45, 7) is 1.30. The molecule has 146 valence electrons. The Morgan fingerprint density at radius 1 is 1.03 bits per heavy atom. The van der Waals surface area contributed by atoms with E-state index in [-0.39, 0.29) is 5.91 Å². The van der Waals surface area contributed by atoms with Crippen LogP contribution in [-0.2, 0) is 18.8 Å². The van der Waals surface area contributed by atoms with Gasteiger partial charge in [-0.05, 0) is 34.7 Å². The summed E-state index contributed by atoms with van der Waals surface area (Å²) in [4.78, 5) is 19.1. The van der Waals surface area contributed by atoms with Gasteiger partial charge in [-0.25, -0.2) is 4.98 Å². The molecule has 0 fully saturated rings. The maximum absolute atomic E-state index is 12.7. The number of benzene rings is 2. The summed E-state index contributed by atoms with van der Waals surface area (Å²) >= 11 is 3.44. The molecular weight excluding hydrogens is 398 g/mol. The van der Waals surface area contributed by atoms with Crippen LogP contribution in [-0.4, -0.2) is 15.5 Å². The number of thiophene rings is 1. The highest BCUT2D eigenvalue weighted by Crippen LogP contribution is 2.28. The second kappa shape index (κ2) is 9.58. The second-order valence-electron chi connectivity index (χ2n) is 6.60. The lowest BCUT2D eigenvalue weighted by Crippen LogP contribution is -2.23. The molecule has 2 heterocycles. The molecule has 1 N–H and O–H groups in total. The van der Waals surface area contributed by atoms with E-state index in [0.717, 1.165) is 28.3 Å². The first-order chi connectivity index (χ1) is 14.3. The lowest BCUT2D eigenvalue weighted by atomic mass is 10.1. The van der Waals surface area contributed by atoms with Crippen molar-refractivity contribution in [2.75, 3.05) is 0 Å². The first-order valence-electron chi connectivity index (χ1n) is 9.34. The van der Waals surface area contributed by atoms with Gasteiger partial charge in [-0.3, -0.25) is 4.79 Å². The minimum absolute atomic E-state index is 0.0400. The minimum Gasteiger partial charge on any atom is -0.348 e. The zero-order chi connectivity index (χ0) is 19.9. The number of hydrogen-bond donors (Lipinski definition) is 1. The van der Waals surface area contributed by atoms with E-state index in [1.807, 2.05) is 41.4 Å². The number of nitrogens with one attached hydrogen (secondary N) is 1. The average molecular weight is 420 g/mol. The van der Waals surface area contributed by atoms with Crippen LogP contribution in [0.25, 0.3) is 0 Å². The number of imidazole rings is 1. The summed E-state index contributed by atoms with van der Waals surface area (Å²) in [5, 5.41) is 5.13. The summed E-state index contributed by atoms with van der Waals surface area (Å²) in [5.74, 6) is 0.835. The highest BCUT2D eigenvalue weighted by Gasteiger charge is 2.11. The van der Waals surface area contributed by atoms with Gasteiger partial charge in [0.2, 0.25) is 0 Å². The molecule has 0 saturated heterocycles. The Kier molecular flexibility index (Phi) is 6.44. The van der Waals surface area contributed by atoms with Gasteiger partial charge in [0.15, 0.2) is 0 Å². The molecule has 0 aliphatic carbocycles. The molecule has 6 heteroatoms. The SMILES string of the molecule is O=C(NCc1ccc(Cn2ccnc2)cc1)c1ccccc1SCc1cccs1. The number of thioether (sulfide) groups is 1. The molecule has 0 saturated carbocycles. The maximum atomic E-state index is 12.7. The zero-order valence-corrected chi connectivity index (χ0v) is 17.5.